The van der Waals surface area contributed by atoms with Crippen LogP contribution < -0.4 is 0 Å². The summed E-state index contributed by atoms with van der Waals surface area (Å²) in [5, 5.41) is 0. The highest BCUT2D eigenvalue weighted by Crippen LogP contribution is 2.54. The number of hydrogen-bond donors (Lipinski definition) is 0. The van der Waals surface area contributed by atoms with E-state index >= 15 is 0 Å². The summed E-state index contributed by atoms with van der Waals surface area (Å²) in [6, 6.07) is 0. The van der Waals surface area contributed by atoms with Gasteiger partial charge in [-0.3, -0.25) is 4.90 Å². The summed E-state index contributed by atoms with van der Waals surface area (Å²) in [6.07, 6.45) is 5.92. The van der Waals surface area contributed by atoms with Crippen LogP contribution in [0.4, 0.5) is 0 Å². The SMILES string of the molecule is CCN(CC)C12CCCCCC3(OCCO3)C1O2. The summed E-state index contributed by atoms with van der Waals surface area (Å²) >= 11 is 0. The van der Waals surface area contributed by atoms with Gasteiger partial charge in [0, 0.05) is 6.42 Å². The van der Waals surface area contributed by atoms with E-state index in [1.54, 1.807) is 0 Å². The van der Waals surface area contributed by atoms with E-state index in [0.717, 1.165) is 25.9 Å². The average molecular weight is 255 g/mol. The molecule has 0 aromatic rings. The first-order valence-electron chi connectivity index (χ1n) is 7.48. The van der Waals surface area contributed by atoms with Gasteiger partial charge in [-0.05, 0) is 32.4 Å². The maximum atomic E-state index is 6.18. The largest absolute Gasteiger partial charge is 0.345 e. The molecule has 104 valence electrons. The van der Waals surface area contributed by atoms with Crippen LogP contribution in [-0.4, -0.2) is 48.8 Å². The van der Waals surface area contributed by atoms with Crippen molar-refractivity contribution in [2.24, 2.45) is 0 Å². The summed E-state index contributed by atoms with van der Waals surface area (Å²) in [5.74, 6) is -0.441. The van der Waals surface area contributed by atoms with Crippen molar-refractivity contribution in [1.82, 2.24) is 4.90 Å². The van der Waals surface area contributed by atoms with Gasteiger partial charge < -0.3 is 14.2 Å². The molecular weight excluding hydrogens is 230 g/mol. The molecule has 0 bridgehead atoms. The van der Waals surface area contributed by atoms with Crippen LogP contribution in [-0.2, 0) is 14.2 Å². The number of epoxide rings is 1. The first-order chi connectivity index (χ1) is 8.77. The zero-order valence-corrected chi connectivity index (χ0v) is 11.6. The Morgan fingerprint density at radius 3 is 2.33 bits per heavy atom. The maximum absolute atomic E-state index is 6.18. The lowest BCUT2D eigenvalue weighted by Crippen LogP contribution is -2.48. The smallest absolute Gasteiger partial charge is 0.199 e. The van der Waals surface area contributed by atoms with Gasteiger partial charge in [-0.1, -0.05) is 20.3 Å². The standard InChI is InChI=1S/C14H25NO3/c1-3-15(4-2)13-8-6-5-7-9-14(12(13)18-13)16-10-11-17-14/h12H,3-11H2,1-2H3. The fraction of sp³-hybridized carbons (Fsp3) is 1.00. The molecule has 0 aromatic heterocycles. The normalized spacial score (nSPS) is 38.5. The number of likely N-dealkylation sites (N-methyl/N-ethyl adjacent to an activating group) is 1. The minimum Gasteiger partial charge on any atom is -0.345 e. The second-order valence-electron chi connectivity index (χ2n) is 5.58. The summed E-state index contributed by atoms with van der Waals surface area (Å²) in [7, 11) is 0. The van der Waals surface area contributed by atoms with Gasteiger partial charge in [-0.2, -0.15) is 0 Å². The Balaban J connectivity index is 1.83. The average Bonchev–Trinajstić information content (AvgIpc) is 2.89. The van der Waals surface area contributed by atoms with Crippen LogP contribution in [0, 0.1) is 0 Å². The zero-order valence-electron chi connectivity index (χ0n) is 11.6. The van der Waals surface area contributed by atoms with Gasteiger partial charge in [0.15, 0.2) is 17.6 Å². The van der Waals surface area contributed by atoms with E-state index < -0.39 is 5.79 Å². The predicted octanol–water partition coefficient (Wildman–Crippen LogP) is 2.13. The van der Waals surface area contributed by atoms with Crippen molar-refractivity contribution < 1.29 is 14.2 Å². The number of ether oxygens (including phenoxy) is 3. The van der Waals surface area contributed by atoms with Crippen molar-refractivity contribution in [3.05, 3.63) is 0 Å². The van der Waals surface area contributed by atoms with E-state index in [1.807, 2.05) is 0 Å². The molecular formula is C14H25NO3. The molecule has 2 heterocycles. The fourth-order valence-corrected chi connectivity index (χ4v) is 3.77. The second-order valence-corrected chi connectivity index (χ2v) is 5.58. The number of nitrogens with zero attached hydrogens (tertiary/aromatic N) is 1. The quantitative estimate of drug-likeness (QED) is 0.724. The molecule has 1 aliphatic carbocycles. The summed E-state index contributed by atoms with van der Waals surface area (Å²) in [6.45, 7) is 7.91. The van der Waals surface area contributed by atoms with Crippen LogP contribution in [0.15, 0.2) is 0 Å². The topological polar surface area (TPSA) is 34.2 Å². The Labute approximate surface area is 110 Å². The molecule has 4 heteroatoms. The molecule has 0 radical (unpaired) electrons. The highest BCUT2D eigenvalue weighted by molar-refractivity contribution is 5.10. The monoisotopic (exact) mass is 255 g/mol. The summed E-state index contributed by atoms with van der Waals surface area (Å²) in [5.41, 5.74) is -0.103. The minimum absolute atomic E-state index is 0.103. The van der Waals surface area contributed by atoms with Gasteiger partial charge >= 0.3 is 0 Å². The Kier molecular flexibility index (Phi) is 3.39. The van der Waals surface area contributed by atoms with Gasteiger partial charge in [-0.25, -0.2) is 0 Å². The van der Waals surface area contributed by atoms with Crippen molar-refractivity contribution in [3.8, 4) is 0 Å². The first-order valence-corrected chi connectivity index (χ1v) is 7.48. The number of fused-ring (bicyclic) bond motifs is 2. The molecule has 0 N–H and O–H groups in total. The lowest BCUT2D eigenvalue weighted by molar-refractivity contribution is -0.179. The number of rotatable bonds is 3. The third-order valence-electron chi connectivity index (χ3n) is 4.71. The van der Waals surface area contributed by atoms with E-state index in [1.165, 1.54) is 19.3 Å². The lowest BCUT2D eigenvalue weighted by atomic mass is 9.91. The molecule has 3 fully saturated rings. The van der Waals surface area contributed by atoms with Crippen molar-refractivity contribution in [1.29, 1.82) is 0 Å². The molecule has 0 aromatic carbocycles. The molecule has 1 saturated carbocycles. The van der Waals surface area contributed by atoms with Gasteiger partial charge in [0.05, 0.1) is 13.2 Å². The van der Waals surface area contributed by atoms with Gasteiger partial charge in [0.25, 0.3) is 0 Å². The predicted molar refractivity (Wildman–Crippen MR) is 68.2 cm³/mol. The number of hydrogen-bond acceptors (Lipinski definition) is 4. The Morgan fingerprint density at radius 1 is 1.00 bits per heavy atom. The van der Waals surface area contributed by atoms with Crippen LogP contribution in [0.3, 0.4) is 0 Å². The van der Waals surface area contributed by atoms with E-state index in [-0.39, 0.29) is 11.8 Å². The Bertz CT molecular complexity index is 299. The maximum Gasteiger partial charge on any atom is 0.199 e. The van der Waals surface area contributed by atoms with E-state index in [4.69, 9.17) is 14.2 Å². The third-order valence-corrected chi connectivity index (χ3v) is 4.71. The van der Waals surface area contributed by atoms with Crippen molar-refractivity contribution in [2.45, 2.75) is 63.6 Å². The minimum atomic E-state index is -0.441. The van der Waals surface area contributed by atoms with Crippen LogP contribution >= 0.6 is 0 Å². The Hall–Kier alpha value is -0.160. The molecule has 2 atom stereocenters. The highest BCUT2D eigenvalue weighted by Gasteiger charge is 2.70. The highest BCUT2D eigenvalue weighted by atomic mass is 16.8. The summed E-state index contributed by atoms with van der Waals surface area (Å²) < 4.78 is 18.1. The van der Waals surface area contributed by atoms with Crippen LogP contribution in [0.2, 0.25) is 0 Å². The molecule has 0 amide bonds. The molecule has 2 unspecified atom stereocenters. The molecule has 2 aliphatic heterocycles. The second kappa shape index (κ2) is 4.75. The van der Waals surface area contributed by atoms with Crippen molar-refractivity contribution >= 4 is 0 Å². The van der Waals surface area contributed by atoms with Gasteiger partial charge in [0.2, 0.25) is 0 Å². The zero-order chi connectivity index (χ0) is 12.6. The Morgan fingerprint density at radius 2 is 1.67 bits per heavy atom. The van der Waals surface area contributed by atoms with E-state index in [2.05, 4.69) is 18.7 Å². The van der Waals surface area contributed by atoms with Gasteiger partial charge in [0.1, 0.15) is 0 Å². The molecule has 1 spiro atoms. The van der Waals surface area contributed by atoms with Gasteiger partial charge in [-0.15, -0.1) is 0 Å². The van der Waals surface area contributed by atoms with E-state index in [9.17, 15) is 0 Å². The van der Waals surface area contributed by atoms with Crippen molar-refractivity contribution in [2.75, 3.05) is 26.3 Å². The van der Waals surface area contributed by atoms with Crippen LogP contribution in [0.1, 0.15) is 46.0 Å². The summed E-state index contributed by atoms with van der Waals surface area (Å²) in [4.78, 5) is 2.44. The molecule has 3 rings (SSSR count). The van der Waals surface area contributed by atoms with Crippen LogP contribution in [0.5, 0.6) is 0 Å². The van der Waals surface area contributed by atoms with Crippen molar-refractivity contribution in [3.63, 3.8) is 0 Å². The molecule has 4 nitrogen and oxygen atoms in total. The lowest BCUT2D eigenvalue weighted by Gasteiger charge is -2.34. The third kappa shape index (κ3) is 1.82. The van der Waals surface area contributed by atoms with Crippen LogP contribution in [0.25, 0.3) is 0 Å². The fourth-order valence-electron chi connectivity index (χ4n) is 3.77. The molecule has 3 aliphatic rings. The molecule has 18 heavy (non-hydrogen) atoms. The molecule has 2 saturated heterocycles. The van der Waals surface area contributed by atoms with E-state index in [0.29, 0.717) is 13.2 Å². The first kappa shape index (κ1) is 12.9.